The largest absolute Gasteiger partial charge is 0.383 e. The third-order valence-corrected chi connectivity index (χ3v) is 1.75. The fraction of sp³-hybridized carbons (Fsp3) is 0.333. The van der Waals surface area contributed by atoms with Crippen molar-refractivity contribution in [3.63, 3.8) is 0 Å². The van der Waals surface area contributed by atoms with Crippen LogP contribution >= 0.6 is 0 Å². The van der Waals surface area contributed by atoms with E-state index in [0.29, 0.717) is 24.5 Å². The molecule has 0 bridgehead atoms. The molecule has 6 heteroatoms. The Kier molecular flexibility index (Phi) is 4.52. The van der Waals surface area contributed by atoms with Crippen LogP contribution in [0.1, 0.15) is 10.5 Å². The molecule has 0 saturated carbocycles. The van der Waals surface area contributed by atoms with Crippen molar-refractivity contribution in [2.45, 2.75) is 0 Å². The first-order valence-corrected chi connectivity index (χ1v) is 4.47. The number of nitrogens with zero attached hydrogens (tertiary/aromatic N) is 1. The van der Waals surface area contributed by atoms with Gasteiger partial charge in [-0.05, 0) is 12.1 Å². The number of rotatable bonds is 5. The van der Waals surface area contributed by atoms with E-state index in [9.17, 15) is 4.79 Å². The first-order valence-electron chi connectivity index (χ1n) is 4.47. The summed E-state index contributed by atoms with van der Waals surface area (Å²) in [7, 11) is 1.58. The van der Waals surface area contributed by atoms with Crippen LogP contribution in [0, 0.1) is 0 Å². The lowest BCUT2D eigenvalue weighted by Gasteiger charge is -2.04. The van der Waals surface area contributed by atoms with E-state index in [1.54, 1.807) is 19.2 Å². The minimum Gasteiger partial charge on any atom is -0.383 e. The monoisotopic (exact) mass is 210 g/mol. The molecule has 0 aliphatic carbocycles. The fourth-order valence-electron chi connectivity index (χ4n) is 0.971. The van der Waals surface area contributed by atoms with Gasteiger partial charge < -0.3 is 15.5 Å². The number of ether oxygens (including phenoxy) is 1. The first-order chi connectivity index (χ1) is 7.27. The Labute approximate surface area is 87.8 Å². The Morgan fingerprint density at radius 3 is 2.93 bits per heavy atom. The molecule has 1 amide bonds. The molecule has 4 N–H and O–H groups in total. The number of carbonyl (C=O) groups excluding carboxylic acids is 1. The molecule has 1 heterocycles. The smallest absolute Gasteiger partial charge is 0.269 e. The van der Waals surface area contributed by atoms with Crippen molar-refractivity contribution < 1.29 is 9.53 Å². The van der Waals surface area contributed by atoms with Gasteiger partial charge in [-0.25, -0.2) is 4.98 Å². The van der Waals surface area contributed by atoms with Crippen LogP contribution in [0.2, 0.25) is 0 Å². The number of hydrazine groups is 1. The predicted molar refractivity (Wildman–Crippen MR) is 56.3 cm³/mol. The van der Waals surface area contributed by atoms with E-state index in [2.05, 4.69) is 15.7 Å². The summed E-state index contributed by atoms with van der Waals surface area (Å²) in [5.74, 6) is 4.94. The average molecular weight is 210 g/mol. The Balaban J connectivity index is 2.50. The predicted octanol–water partition coefficient (Wildman–Crippen LogP) is -0.257. The zero-order chi connectivity index (χ0) is 11.1. The van der Waals surface area contributed by atoms with Gasteiger partial charge in [0.2, 0.25) is 0 Å². The van der Waals surface area contributed by atoms with E-state index >= 15 is 0 Å². The lowest BCUT2D eigenvalue weighted by Crippen LogP contribution is -2.27. The van der Waals surface area contributed by atoms with Crippen LogP contribution < -0.4 is 16.6 Å². The summed E-state index contributed by atoms with van der Waals surface area (Å²) in [5, 5.41) is 2.66. The summed E-state index contributed by atoms with van der Waals surface area (Å²) in [6.45, 7) is 0.947. The lowest BCUT2D eigenvalue weighted by molar-refractivity contribution is 0.0932. The SMILES string of the molecule is COCCNC(=O)c1ccc(NN)cn1. The van der Waals surface area contributed by atoms with Crippen LogP contribution in [0.15, 0.2) is 18.3 Å². The summed E-state index contributed by atoms with van der Waals surface area (Å²) in [6, 6.07) is 3.27. The summed E-state index contributed by atoms with van der Waals surface area (Å²) in [4.78, 5) is 15.4. The van der Waals surface area contributed by atoms with Gasteiger partial charge in [0.15, 0.2) is 0 Å². The molecule has 0 aliphatic heterocycles. The Hall–Kier alpha value is -1.66. The number of methoxy groups -OCH3 is 1. The second kappa shape index (κ2) is 5.94. The molecular formula is C9H14N4O2. The van der Waals surface area contributed by atoms with Gasteiger partial charge >= 0.3 is 0 Å². The van der Waals surface area contributed by atoms with Crippen LogP contribution in [-0.2, 0) is 4.74 Å². The minimum absolute atomic E-state index is 0.226. The maximum absolute atomic E-state index is 11.4. The summed E-state index contributed by atoms with van der Waals surface area (Å²) >= 11 is 0. The number of amides is 1. The number of carbonyl (C=O) groups is 1. The molecule has 1 aromatic heterocycles. The molecule has 0 aromatic carbocycles. The summed E-state index contributed by atoms with van der Waals surface area (Å²) < 4.78 is 4.80. The van der Waals surface area contributed by atoms with Crippen molar-refractivity contribution >= 4 is 11.6 Å². The Bertz CT molecular complexity index is 312. The van der Waals surface area contributed by atoms with E-state index < -0.39 is 0 Å². The van der Waals surface area contributed by atoms with Gasteiger partial charge in [0, 0.05) is 13.7 Å². The van der Waals surface area contributed by atoms with Crippen molar-refractivity contribution in [1.82, 2.24) is 10.3 Å². The zero-order valence-corrected chi connectivity index (χ0v) is 8.49. The second-order valence-electron chi connectivity index (χ2n) is 2.83. The average Bonchev–Trinajstić information content (AvgIpc) is 2.29. The van der Waals surface area contributed by atoms with E-state index in [0.717, 1.165) is 0 Å². The summed E-state index contributed by atoms with van der Waals surface area (Å²) in [5.41, 5.74) is 3.44. The van der Waals surface area contributed by atoms with E-state index in [1.807, 2.05) is 0 Å². The van der Waals surface area contributed by atoms with Gasteiger partial charge in [-0.1, -0.05) is 0 Å². The summed E-state index contributed by atoms with van der Waals surface area (Å²) in [6.07, 6.45) is 1.49. The normalized spacial score (nSPS) is 9.73. The molecular weight excluding hydrogens is 196 g/mol. The Morgan fingerprint density at radius 2 is 2.40 bits per heavy atom. The Morgan fingerprint density at radius 1 is 1.60 bits per heavy atom. The third kappa shape index (κ3) is 3.53. The highest BCUT2D eigenvalue weighted by Gasteiger charge is 2.05. The molecule has 0 spiro atoms. The molecule has 0 fully saturated rings. The molecule has 0 unspecified atom stereocenters. The molecule has 0 atom stereocenters. The molecule has 0 radical (unpaired) electrons. The van der Waals surface area contributed by atoms with Gasteiger partial charge in [0.1, 0.15) is 5.69 Å². The van der Waals surface area contributed by atoms with Crippen LogP contribution in [0.3, 0.4) is 0 Å². The van der Waals surface area contributed by atoms with E-state index in [-0.39, 0.29) is 5.91 Å². The van der Waals surface area contributed by atoms with Crippen LogP contribution in [0.4, 0.5) is 5.69 Å². The number of nitrogens with two attached hydrogens (primary N) is 1. The van der Waals surface area contributed by atoms with Crippen LogP contribution in [0.25, 0.3) is 0 Å². The highest BCUT2D eigenvalue weighted by atomic mass is 16.5. The van der Waals surface area contributed by atoms with Crippen LogP contribution in [0.5, 0.6) is 0 Å². The lowest BCUT2D eigenvalue weighted by atomic mass is 10.3. The van der Waals surface area contributed by atoms with Gasteiger partial charge in [-0.3, -0.25) is 10.6 Å². The van der Waals surface area contributed by atoms with Crippen molar-refractivity contribution in [3.8, 4) is 0 Å². The highest BCUT2D eigenvalue weighted by molar-refractivity contribution is 5.92. The minimum atomic E-state index is -0.226. The molecule has 1 aromatic rings. The van der Waals surface area contributed by atoms with Gasteiger partial charge in [-0.2, -0.15) is 0 Å². The standard InChI is InChI=1S/C9H14N4O2/c1-15-5-4-11-9(14)8-3-2-7(13-10)6-12-8/h2-3,6,13H,4-5,10H2,1H3,(H,11,14). The number of pyridine rings is 1. The van der Waals surface area contributed by atoms with Crippen molar-refractivity contribution in [1.29, 1.82) is 0 Å². The second-order valence-corrected chi connectivity index (χ2v) is 2.83. The zero-order valence-electron chi connectivity index (χ0n) is 8.49. The molecule has 0 saturated heterocycles. The van der Waals surface area contributed by atoms with Gasteiger partial charge in [0.05, 0.1) is 18.5 Å². The number of hydrogen-bond acceptors (Lipinski definition) is 5. The molecule has 6 nitrogen and oxygen atoms in total. The van der Waals surface area contributed by atoms with Gasteiger partial charge in [0.25, 0.3) is 5.91 Å². The number of anilines is 1. The number of nitrogen functional groups attached to an aromatic ring is 1. The number of hydrogen-bond donors (Lipinski definition) is 3. The topological polar surface area (TPSA) is 89.3 Å². The first kappa shape index (κ1) is 11.4. The van der Waals surface area contributed by atoms with Gasteiger partial charge in [-0.15, -0.1) is 0 Å². The van der Waals surface area contributed by atoms with E-state index in [4.69, 9.17) is 10.6 Å². The molecule has 15 heavy (non-hydrogen) atoms. The van der Waals surface area contributed by atoms with Crippen LogP contribution in [-0.4, -0.2) is 31.2 Å². The number of nitrogens with one attached hydrogen (secondary N) is 2. The fourth-order valence-corrected chi connectivity index (χ4v) is 0.971. The highest BCUT2D eigenvalue weighted by Crippen LogP contribution is 2.03. The van der Waals surface area contributed by atoms with E-state index in [1.165, 1.54) is 6.20 Å². The van der Waals surface area contributed by atoms with Crippen molar-refractivity contribution in [2.75, 3.05) is 25.7 Å². The molecule has 0 aliphatic rings. The quantitative estimate of drug-likeness (QED) is 0.354. The maximum Gasteiger partial charge on any atom is 0.269 e. The molecule has 1 rings (SSSR count). The van der Waals surface area contributed by atoms with Crippen molar-refractivity contribution in [3.05, 3.63) is 24.0 Å². The maximum atomic E-state index is 11.4. The molecule has 82 valence electrons. The third-order valence-electron chi connectivity index (χ3n) is 1.75. The number of aromatic nitrogens is 1. The van der Waals surface area contributed by atoms with Crippen molar-refractivity contribution in [2.24, 2.45) is 5.84 Å².